The van der Waals surface area contributed by atoms with E-state index in [9.17, 15) is 14.9 Å². The van der Waals surface area contributed by atoms with Gasteiger partial charge in [-0.2, -0.15) is 0 Å². The summed E-state index contributed by atoms with van der Waals surface area (Å²) < 4.78 is 10.2. The van der Waals surface area contributed by atoms with Crippen LogP contribution in [0.5, 0.6) is 11.5 Å². The summed E-state index contributed by atoms with van der Waals surface area (Å²) in [5.74, 6) is -0.242. The molecule has 0 bridgehead atoms. The minimum Gasteiger partial charge on any atom is -0.493 e. The van der Waals surface area contributed by atoms with E-state index in [-0.39, 0.29) is 29.3 Å². The van der Waals surface area contributed by atoms with E-state index >= 15 is 0 Å². The zero-order valence-electron chi connectivity index (χ0n) is 15.8. The summed E-state index contributed by atoms with van der Waals surface area (Å²) in [6, 6.07) is 13.7. The van der Waals surface area contributed by atoms with Crippen molar-refractivity contribution < 1.29 is 19.2 Å². The number of rotatable bonds is 7. The smallest absolute Gasteiger partial charge is 0.286 e. The van der Waals surface area contributed by atoms with E-state index in [1.54, 1.807) is 6.07 Å². The van der Waals surface area contributed by atoms with E-state index < -0.39 is 10.8 Å². The SMILES string of the molecule is COc1cc(C(=O)NCc2cc(-c3ccccc3)ncn2)c([N+](=O)[O-])cc1OC. The number of hydrogen-bond donors (Lipinski definition) is 1. The van der Waals surface area contributed by atoms with Crippen molar-refractivity contribution in [3.05, 3.63) is 76.2 Å². The highest BCUT2D eigenvalue weighted by atomic mass is 16.6. The van der Waals surface area contributed by atoms with Gasteiger partial charge in [0.05, 0.1) is 43.1 Å². The molecule has 0 fully saturated rings. The van der Waals surface area contributed by atoms with Gasteiger partial charge in [0.2, 0.25) is 0 Å². The van der Waals surface area contributed by atoms with Crippen molar-refractivity contribution in [2.75, 3.05) is 14.2 Å². The Bertz CT molecular complexity index is 1040. The lowest BCUT2D eigenvalue weighted by Gasteiger charge is -2.11. The molecule has 1 N–H and O–H groups in total. The summed E-state index contributed by atoms with van der Waals surface area (Å²) in [5.41, 5.74) is 1.67. The van der Waals surface area contributed by atoms with Crippen LogP contribution >= 0.6 is 0 Å². The molecule has 9 nitrogen and oxygen atoms in total. The van der Waals surface area contributed by atoms with Crippen molar-refractivity contribution in [1.29, 1.82) is 0 Å². The third-order valence-corrected chi connectivity index (χ3v) is 4.17. The minimum atomic E-state index is -0.644. The van der Waals surface area contributed by atoms with E-state index in [4.69, 9.17) is 9.47 Å². The summed E-state index contributed by atoms with van der Waals surface area (Å²) in [6.07, 6.45) is 1.41. The predicted molar refractivity (Wildman–Crippen MR) is 105 cm³/mol. The highest BCUT2D eigenvalue weighted by Gasteiger charge is 2.24. The Morgan fingerprint density at radius 3 is 2.41 bits per heavy atom. The molecule has 1 heterocycles. The van der Waals surface area contributed by atoms with Crippen LogP contribution < -0.4 is 14.8 Å². The fraction of sp³-hybridized carbons (Fsp3) is 0.150. The number of carbonyl (C=O) groups excluding carboxylic acids is 1. The Balaban J connectivity index is 1.82. The van der Waals surface area contributed by atoms with E-state index in [1.807, 2.05) is 30.3 Å². The summed E-state index contributed by atoms with van der Waals surface area (Å²) in [5, 5.41) is 14.0. The maximum Gasteiger partial charge on any atom is 0.286 e. The first kappa shape index (κ1) is 19.7. The molecule has 0 aliphatic heterocycles. The fourth-order valence-electron chi connectivity index (χ4n) is 2.73. The van der Waals surface area contributed by atoms with Crippen molar-refractivity contribution in [3.63, 3.8) is 0 Å². The van der Waals surface area contributed by atoms with Crippen LogP contribution in [0.2, 0.25) is 0 Å². The number of nitro benzene ring substituents is 1. The molecule has 9 heteroatoms. The molecule has 1 amide bonds. The average molecular weight is 394 g/mol. The Labute approximate surface area is 166 Å². The predicted octanol–water partition coefficient (Wildman–Crippen LogP) is 3.00. The number of carbonyl (C=O) groups is 1. The third-order valence-electron chi connectivity index (χ3n) is 4.17. The van der Waals surface area contributed by atoms with Crippen molar-refractivity contribution >= 4 is 11.6 Å². The molecule has 0 saturated carbocycles. The van der Waals surface area contributed by atoms with E-state index in [0.717, 1.165) is 11.6 Å². The maximum absolute atomic E-state index is 12.6. The Hall–Kier alpha value is -4.01. The maximum atomic E-state index is 12.6. The molecule has 0 unspecified atom stereocenters. The molecule has 29 heavy (non-hydrogen) atoms. The molecule has 0 atom stereocenters. The summed E-state index contributed by atoms with van der Waals surface area (Å²) >= 11 is 0. The molecule has 0 saturated heterocycles. The zero-order valence-corrected chi connectivity index (χ0v) is 15.8. The quantitative estimate of drug-likeness (QED) is 0.483. The number of aromatic nitrogens is 2. The number of methoxy groups -OCH3 is 2. The average Bonchev–Trinajstić information content (AvgIpc) is 2.77. The minimum absolute atomic E-state index is 0.0761. The van der Waals surface area contributed by atoms with E-state index in [1.165, 1.54) is 26.6 Å². The zero-order chi connectivity index (χ0) is 20.8. The second-order valence-electron chi connectivity index (χ2n) is 5.92. The van der Waals surface area contributed by atoms with Gasteiger partial charge in [-0.05, 0) is 6.07 Å². The first-order valence-corrected chi connectivity index (χ1v) is 8.58. The Morgan fingerprint density at radius 1 is 1.07 bits per heavy atom. The van der Waals surface area contributed by atoms with Crippen LogP contribution in [0.1, 0.15) is 16.1 Å². The normalized spacial score (nSPS) is 10.3. The molecule has 0 aliphatic carbocycles. The first-order chi connectivity index (χ1) is 14.0. The molecule has 3 rings (SSSR count). The van der Waals surface area contributed by atoms with Gasteiger partial charge >= 0.3 is 0 Å². The van der Waals surface area contributed by atoms with Crippen LogP contribution in [0.25, 0.3) is 11.3 Å². The number of nitrogens with zero attached hydrogens (tertiary/aromatic N) is 3. The number of benzene rings is 2. The summed E-state index contributed by atoms with van der Waals surface area (Å²) in [6.45, 7) is 0.0761. The third kappa shape index (κ3) is 4.46. The van der Waals surface area contributed by atoms with Crippen LogP contribution in [0.4, 0.5) is 5.69 Å². The summed E-state index contributed by atoms with van der Waals surface area (Å²) in [7, 11) is 2.75. The molecule has 0 spiro atoms. The first-order valence-electron chi connectivity index (χ1n) is 8.58. The van der Waals surface area contributed by atoms with Gasteiger partial charge in [0, 0.05) is 11.6 Å². The number of hydrogen-bond acceptors (Lipinski definition) is 7. The number of nitrogens with one attached hydrogen (secondary N) is 1. The van der Waals surface area contributed by atoms with Crippen LogP contribution in [0.15, 0.2) is 54.9 Å². The van der Waals surface area contributed by atoms with Crippen LogP contribution in [-0.2, 0) is 6.54 Å². The highest BCUT2D eigenvalue weighted by Crippen LogP contribution is 2.34. The van der Waals surface area contributed by atoms with Gasteiger partial charge in [0.15, 0.2) is 11.5 Å². The van der Waals surface area contributed by atoms with Gasteiger partial charge in [-0.25, -0.2) is 9.97 Å². The standard InChI is InChI=1S/C20H18N4O5/c1-28-18-9-15(17(24(26)27)10-19(18)29-2)20(25)21-11-14-8-16(23-12-22-14)13-6-4-3-5-7-13/h3-10,12H,11H2,1-2H3,(H,21,25). The van der Waals surface area contributed by atoms with Crippen LogP contribution in [0.3, 0.4) is 0 Å². The van der Waals surface area contributed by atoms with Crippen molar-refractivity contribution in [3.8, 4) is 22.8 Å². The van der Waals surface area contributed by atoms with Crippen molar-refractivity contribution in [2.45, 2.75) is 6.54 Å². The lowest BCUT2D eigenvalue weighted by molar-refractivity contribution is -0.385. The Morgan fingerprint density at radius 2 is 1.76 bits per heavy atom. The molecular weight excluding hydrogens is 376 g/mol. The van der Waals surface area contributed by atoms with Crippen LogP contribution in [-0.4, -0.2) is 35.0 Å². The second kappa shape index (κ2) is 8.79. The topological polar surface area (TPSA) is 116 Å². The molecule has 3 aromatic rings. The van der Waals surface area contributed by atoms with Crippen molar-refractivity contribution in [1.82, 2.24) is 15.3 Å². The molecule has 0 radical (unpaired) electrons. The molecule has 1 aromatic heterocycles. The lowest BCUT2D eigenvalue weighted by atomic mass is 10.1. The fourth-order valence-corrected chi connectivity index (χ4v) is 2.73. The monoisotopic (exact) mass is 394 g/mol. The van der Waals surface area contributed by atoms with Gasteiger partial charge in [0.25, 0.3) is 11.6 Å². The Kier molecular flexibility index (Phi) is 5.98. The van der Waals surface area contributed by atoms with Crippen LogP contribution in [0, 0.1) is 10.1 Å². The van der Waals surface area contributed by atoms with Gasteiger partial charge in [-0.15, -0.1) is 0 Å². The van der Waals surface area contributed by atoms with Gasteiger partial charge < -0.3 is 14.8 Å². The molecule has 0 aliphatic rings. The highest BCUT2D eigenvalue weighted by molar-refractivity contribution is 5.99. The molecule has 2 aromatic carbocycles. The number of amides is 1. The summed E-state index contributed by atoms with van der Waals surface area (Å²) in [4.78, 5) is 31.7. The van der Waals surface area contributed by atoms with E-state index in [2.05, 4.69) is 15.3 Å². The van der Waals surface area contributed by atoms with E-state index in [0.29, 0.717) is 11.4 Å². The van der Waals surface area contributed by atoms with Gasteiger partial charge in [-0.3, -0.25) is 14.9 Å². The molecule has 148 valence electrons. The second-order valence-corrected chi connectivity index (χ2v) is 5.92. The lowest BCUT2D eigenvalue weighted by Crippen LogP contribution is -2.24. The van der Waals surface area contributed by atoms with Gasteiger partial charge in [0.1, 0.15) is 11.9 Å². The van der Waals surface area contributed by atoms with Crippen molar-refractivity contribution in [2.24, 2.45) is 0 Å². The van der Waals surface area contributed by atoms with Gasteiger partial charge in [-0.1, -0.05) is 30.3 Å². The number of ether oxygens (including phenoxy) is 2. The number of nitro groups is 1. The molecular formula is C20H18N4O5. The largest absolute Gasteiger partial charge is 0.493 e.